The minimum atomic E-state index is -0.187. The lowest BCUT2D eigenvalue weighted by molar-refractivity contribution is -0.119. The number of hydrazone groups is 1. The summed E-state index contributed by atoms with van der Waals surface area (Å²) < 4.78 is 0. The minimum absolute atomic E-state index is 0.178. The first kappa shape index (κ1) is 18.2. The van der Waals surface area contributed by atoms with Crippen LogP contribution < -0.4 is 10.7 Å². The normalized spacial score (nSPS) is 11.8. The molecule has 0 aromatic heterocycles. The quantitative estimate of drug-likeness (QED) is 0.454. The molecule has 4 nitrogen and oxygen atoms in total. The van der Waals surface area contributed by atoms with Gasteiger partial charge in [-0.2, -0.15) is 5.10 Å². The highest BCUT2D eigenvalue weighted by molar-refractivity contribution is 5.94. The average molecular weight is 333 g/mol. The smallest absolute Gasteiger partial charge is 0.259 e. The number of carbonyl (C=O) groups excluding carboxylic acids is 1. The molecule has 0 fully saturated rings. The van der Waals surface area contributed by atoms with Crippen LogP contribution in [0.25, 0.3) is 6.08 Å². The molecule has 0 aliphatic heterocycles. The zero-order valence-electron chi connectivity index (χ0n) is 14.6. The zero-order chi connectivity index (χ0) is 17.9. The molecule has 0 atom stereocenters. The maximum Gasteiger partial charge on any atom is 0.259 e. The van der Waals surface area contributed by atoms with Crippen LogP contribution in [0.4, 0.5) is 5.69 Å². The van der Waals surface area contributed by atoms with E-state index in [1.54, 1.807) is 0 Å². The van der Waals surface area contributed by atoms with Crippen molar-refractivity contribution in [1.82, 2.24) is 5.43 Å². The third-order valence-electron chi connectivity index (χ3n) is 3.40. The minimum Gasteiger partial charge on any atom is -0.376 e. The van der Waals surface area contributed by atoms with Crippen molar-refractivity contribution < 1.29 is 4.79 Å². The number of allylic oxidation sites excluding steroid dienone is 3. The molecule has 2 rings (SSSR count). The molecule has 1 amide bonds. The van der Waals surface area contributed by atoms with E-state index in [0.717, 1.165) is 17.0 Å². The third-order valence-corrected chi connectivity index (χ3v) is 3.40. The van der Waals surface area contributed by atoms with Crippen LogP contribution in [0.5, 0.6) is 0 Å². The highest BCUT2D eigenvalue weighted by atomic mass is 16.2. The Balaban J connectivity index is 1.74. The lowest BCUT2D eigenvalue weighted by Gasteiger charge is -2.05. The number of nitrogens with one attached hydrogen (secondary N) is 2. The number of benzene rings is 2. The fraction of sp³-hybridized carbons (Fsp3) is 0.143. The third kappa shape index (κ3) is 7.31. The summed E-state index contributed by atoms with van der Waals surface area (Å²) in [4.78, 5) is 11.8. The Bertz CT molecular complexity index is 759. The van der Waals surface area contributed by atoms with Crippen molar-refractivity contribution >= 4 is 23.4 Å². The summed E-state index contributed by atoms with van der Waals surface area (Å²) >= 11 is 0. The van der Waals surface area contributed by atoms with Gasteiger partial charge >= 0.3 is 0 Å². The molecule has 4 heteroatoms. The maximum absolute atomic E-state index is 11.8. The standard InChI is InChI=1S/C21H23N3O/c1-17-12-14-20(15-13-17)22-16-21(25)24-23-18(2)8-6-7-11-19-9-4-3-5-10-19/h3-15,22H,16H2,1-2H3,(H,24,25). The van der Waals surface area contributed by atoms with Crippen molar-refractivity contribution in [2.45, 2.75) is 13.8 Å². The first-order valence-corrected chi connectivity index (χ1v) is 8.17. The molecule has 0 aliphatic rings. The Labute approximate surface area is 149 Å². The Morgan fingerprint density at radius 1 is 1.04 bits per heavy atom. The number of amides is 1. The van der Waals surface area contributed by atoms with Crippen molar-refractivity contribution in [1.29, 1.82) is 0 Å². The largest absolute Gasteiger partial charge is 0.376 e. The van der Waals surface area contributed by atoms with Crippen molar-refractivity contribution in [3.63, 3.8) is 0 Å². The number of nitrogens with zero attached hydrogens (tertiary/aromatic N) is 1. The molecule has 0 spiro atoms. The van der Waals surface area contributed by atoms with Gasteiger partial charge < -0.3 is 5.32 Å². The van der Waals surface area contributed by atoms with Crippen LogP contribution in [0.15, 0.2) is 77.9 Å². The Kier molecular flexibility index (Phi) is 7.19. The van der Waals surface area contributed by atoms with E-state index in [2.05, 4.69) is 15.8 Å². The first-order valence-electron chi connectivity index (χ1n) is 8.17. The Morgan fingerprint density at radius 2 is 1.76 bits per heavy atom. The summed E-state index contributed by atoms with van der Waals surface area (Å²) in [6.07, 6.45) is 7.68. The van der Waals surface area contributed by atoms with Crippen molar-refractivity contribution in [3.8, 4) is 0 Å². The SMILES string of the molecule is CC(C=CC=Cc1ccccc1)=NNC(=O)CNc1ccc(C)cc1. The van der Waals surface area contributed by atoms with Gasteiger partial charge in [-0.3, -0.25) is 4.79 Å². The van der Waals surface area contributed by atoms with Gasteiger partial charge in [-0.25, -0.2) is 5.43 Å². The maximum atomic E-state index is 11.8. The number of hydrogen-bond acceptors (Lipinski definition) is 3. The molecule has 0 saturated carbocycles. The first-order chi connectivity index (χ1) is 12.1. The molecule has 2 N–H and O–H groups in total. The van der Waals surface area contributed by atoms with E-state index in [1.807, 2.05) is 92.7 Å². The van der Waals surface area contributed by atoms with Gasteiger partial charge in [-0.05, 0) is 37.6 Å². The molecule has 0 heterocycles. The van der Waals surface area contributed by atoms with Gasteiger partial charge in [0.2, 0.25) is 0 Å². The molecule has 0 saturated heterocycles. The summed E-state index contributed by atoms with van der Waals surface area (Å²) in [5.74, 6) is -0.187. The second-order valence-electron chi connectivity index (χ2n) is 5.64. The van der Waals surface area contributed by atoms with Crippen LogP contribution in [0, 0.1) is 6.92 Å². The topological polar surface area (TPSA) is 53.5 Å². The van der Waals surface area contributed by atoms with Crippen LogP contribution in [-0.4, -0.2) is 18.2 Å². The number of carbonyl (C=O) groups is 1. The van der Waals surface area contributed by atoms with Gasteiger partial charge in [0.05, 0.1) is 12.3 Å². The van der Waals surface area contributed by atoms with E-state index in [1.165, 1.54) is 5.56 Å². The average Bonchev–Trinajstić information content (AvgIpc) is 2.64. The van der Waals surface area contributed by atoms with E-state index in [0.29, 0.717) is 0 Å². The number of rotatable bonds is 7. The summed E-state index contributed by atoms with van der Waals surface area (Å²) in [5, 5.41) is 7.11. The molecular weight excluding hydrogens is 310 g/mol. The summed E-state index contributed by atoms with van der Waals surface area (Å²) in [7, 11) is 0. The van der Waals surface area contributed by atoms with Crippen molar-refractivity contribution in [2.75, 3.05) is 11.9 Å². The van der Waals surface area contributed by atoms with Gasteiger partial charge in [0, 0.05) is 5.69 Å². The predicted octanol–water partition coefficient (Wildman–Crippen LogP) is 4.17. The summed E-state index contributed by atoms with van der Waals surface area (Å²) in [6, 6.07) is 17.9. The molecule has 25 heavy (non-hydrogen) atoms. The Morgan fingerprint density at radius 3 is 2.48 bits per heavy atom. The van der Waals surface area contributed by atoms with Crippen molar-refractivity contribution in [2.24, 2.45) is 5.10 Å². The van der Waals surface area contributed by atoms with Gasteiger partial charge in [0.1, 0.15) is 0 Å². The number of anilines is 1. The zero-order valence-corrected chi connectivity index (χ0v) is 14.6. The molecule has 0 bridgehead atoms. The lowest BCUT2D eigenvalue weighted by Crippen LogP contribution is -2.26. The second kappa shape index (κ2) is 9.88. The van der Waals surface area contributed by atoms with E-state index in [-0.39, 0.29) is 12.5 Å². The molecule has 0 unspecified atom stereocenters. The molecule has 0 radical (unpaired) electrons. The highest BCUT2D eigenvalue weighted by Gasteiger charge is 1.99. The second-order valence-corrected chi connectivity index (χ2v) is 5.64. The highest BCUT2D eigenvalue weighted by Crippen LogP contribution is 2.07. The molecule has 2 aromatic rings. The predicted molar refractivity (Wildman–Crippen MR) is 106 cm³/mol. The fourth-order valence-corrected chi connectivity index (χ4v) is 2.01. The van der Waals surface area contributed by atoms with E-state index >= 15 is 0 Å². The van der Waals surface area contributed by atoms with Crippen LogP contribution in [-0.2, 0) is 4.79 Å². The van der Waals surface area contributed by atoms with Crippen molar-refractivity contribution in [3.05, 3.63) is 84.0 Å². The summed E-state index contributed by atoms with van der Waals surface area (Å²) in [5.41, 5.74) is 6.49. The van der Waals surface area contributed by atoms with E-state index in [9.17, 15) is 4.79 Å². The van der Waals surface area contributed by atoms with E-state index < -0.39 is 0 Å². The van der Waals surface area contributed by atoms with Gasteiger partial charge in [-0.1, -0.05) is 66.3 Å². The molecule has 2 aromatic carbocycles. The Hall–Kier alpha value is -3.14. The molecule has 0 aliphatic carbocycles. The molecular formula is C21H23N3O. The van der Waals surface area contributed by atoms with Crippen LogP contribution in [0.3, 0.4) is 0 Å². The lowest BCUT2D eigenvalue weighted by atomic mass is 10.2. The fourth-order valence-electron chi connectivity index (χ4n) is 2.01. The van der Waals surface area contributed by atoms with E-state index in [4.69, 9.17) is 0 Å². The monoisotopic (exact) mass is 333 g/mol. The van der Waals surface area contributed by atoms with Gasteiger partial charge in [-0.15, -0.1) is 0 Å². The number of hydrogen-bond donors (Lipinski definition) is 2. The summed E-state index contributed by atoms with van der Waals surface area (Å²) in [6.45, 7) is 4.04. The number of aryl methyl sites for hydroxylation is 1. The van der Waals surface area contributed by atoms with Crippen LogP contribution in [0.2, 0.25) is 0 Å². The van der Waals surface area contributed by atoms with Gasteiger partial charge in [0.25, 0.3) is 5.91 Å². The van der Waals surface area contributed by atoms with Crippen LogP contribution >= 0.6 is 0 Å². The van der Waals surface area contributed by atoms with Gasteiger partial charge in [0.15, 0.2) is 0 Å². The molecule has 128 valence electrons. The van der Waals surface area contributed by atoms with Crippen LogP contribution in [0.1, 0.15) is 18.1 Å².